The number of ether oxygens (including phenoxy) is 1. The fourth-order valence-electron chi connectivity index (χ4n) is 3.82. The summed E-state index contributed by atoms with van der Waals surface area (Å²) in [7, 11) is 0. The Hall–Kier alpha value is -1.67. The molecule has 0 N–H and O–H groups in total. The Morgan fingerprint density at radius 1 is 1.17 bits per heavy atom. The van der Waals surface area contributed by atoms with Gasteiger partial charge in [0.1, 0.15) is 6.20 Å². The van der Waals surface area contributed by atoms with Crippen LogP contribution < -0.4 is 4.90 Å². The number of rotatable bonds is 4. The van der Waals surface area contributed by atoms with Crippen molar-refractivity contribution in [2.75, 3.05) is 18.0 Å². The first-order valence-electron chi connectivity index (χ1n) is 8.73. The van der Waals surface area contributed by atoms with E-state index in [2.05, 4.69) is 4.98 Å². The molecule has 0 spiro atoms. The number of hydrogen-bond acceptors (Lipinski definition) is 6. The maximum absolute atomic E-state index is 11.5. The maximum Gasteiger partial charge on any atom is 0.373 e. The van der Waals surface area contributed by atoms with Crippen molar-refractivity contribution in [1.29, 1.82) is 0 Å². The number of aromatic nitrogens is 2. The van der Waals surface area contributed by atoms with Gasteiger partial charge in [-0.2, -0.15) is 9.38 Å². The predicted octanol–water partition coefficient (Wildman–Crippen LogP) is 3.62. The van der Waals surface area contributed by atoms with E-state index in [0.717, 1.165) is 25.9 Å². The van der Waals surface area contributed by atoms with Crippen LogP contribution in [0, 0.1) is 10.1 Å². The molecule has 4 rings (SSSR count). The van der Waals surface area contributed by atoms with E-state index in [-0.39, 0.29) is 16.8 Å². The van der Waals surface area contributed by atoms with E-state index in [1.54, 1.807) is 10.6 Å². The number of nitrogens with zero attached hydrogens (tertiary/aromatic N) is 4. The first kappa shape index (κ1) is 15.8. The molecular formula is C16H22N4O3S. The van der Waals surface area contributed by atoms with Gasteiger partial charge in [0.25, 0.3) is 4.96 Å². The minimum absolute atomic E-state index is 0.0814. The number of anilines is 1. The number of fused-ring (bicyclic) bond motifs is 1. The Morgan fingerprint density at radius 2 is 1.88 bits per heavy atom. The topological polar surface area (TPSA) is 72.9 Å². The van der Waals surface area contributed by atoms with Crippen LogP contribution in [0.15, 0.2) is 11.6 Å². The zero-order chi connectivity index (χ0) is 16.5. The minimum atomic E-state index is -0.327. The average Bonchev–Trinajstić information content (AvgIpc) is 3.17. The van der Waals surface area contributed by atoms with Crippen molar-refractivity contribution in [2.45, 2.75) is 57.2 Å². The monoisotopic (exact) mass is 350 g/mol. The summed E-state index contributed by atoms with van der Waals surface area (Å²) in [5.74, 6) is 0.584. The van der Waals surface area contributed by atoms with Crippen molar-refractivity contribution in [3.8, 4) is 0 Å². The van der Waals surface area contributed by atoms with Gasteiger partial charge in [0.2, 0.25) is 5.82 Å². The van der Waals surface area contributed by atoms with E-state index in [9.17, 15) is 10.1 Å². The highest BCUT2D eigenvalue weighted by atomic mass is 32.1. The number of imidazole rings is 1. The molecule has 24 heavy (non-hydrogen) atoms. The Kier molecular flexibility index (Phi) is 4.41. The molecule has 1 saturated carbocycles. The first-order chi connectivity index (χ1) is 11.7. The van der Waals surface area contributed by atoms with Gasteiger partial charge < -0.3 is 19.8 Å². The second-order valence-electron chi connectivity index (χ2n) is 6.65. The first-order valence-corrected chi connectivity index (χ1v) is 9.60. The van der Waals surface area contributed by atoms with Crippen molar-refractivity contribution < 1.29 is 9.66 Å². The van der Waals surface area contributed by atoms with Crippen molar-refractivity contribution in [3.05, 3.63) is 21.7 Å². The van der Waals surface area contributed by atoms with Gasteiger partial charge in [-0.05, 0) is 30.6 Å². The Bertz CT molecular complexity index is 714. The molecule has 1 saturated heterocycles. The van der Waals surface area contributed by atoms with Crippen LogP contribution in [0.25, 0.3) is 4.96 Å². The lowest BCUT2D eigenvalue weighted by Crippen LogP contribution is -2.39. The number of hydrogen-bond donors (Lipinski definition) is 0. The third-order valence-electron chi connectivity index (χ3n) is 5.07. The van der Waals surface area contributed by atoms with Gasteiger partial charge in [0, 0.05) is 18.5 Å². The Morgan fingerprint density at radius 3 is 2.58 bits per heavy atom. The summed E-state index contributed by atoms with van der Waals surface area (Å²) in [6.45, 7) is 1.53. The SMILES string of the molecule is O=[N+]([O-])c1c(N2CCC(OC3CCCCC3)CC2)nc2sccn12. The molecule has 3 heterocycles. The van der Waals surface area contributed by atoms with Crippen LogP contribution in [0.4, 0.5) is 11.6 Å². The third-order valence-corrected chi connectivity index (χ3v) is 5.83. The number of thiazole rings is 1. The molecule has 2 aromatic heterocycles. The van der Waals surface area contributed by atoms with Crippen molar-refractivity contribution in [2.24, 2.45) is 0 Å². The fraction of sp³-hybridized carbons (Fsp3) is 0.688. The van der Waals surface area contributed by atoms with Gasteiger partial charge >= 0.3 is 5.82 Å². The summed E-state index contributed by atoms with van der Waals surface area (Å²) in [5.41, 5.74) is 0. The standard InChI is InChI=1S/C16H22N4O3S/c21-20(22)15-14(17-16-19(15)10-11-24-16)18-8-6-13(7-9-18)23-12-4-2-1-3-5-12/h10-13H,1-9H2. The summed E-state index contributed by atoms with van der Waals surface area (Å²) >= 11 is 1.42. The van der Waals surface area contributed by atoms with Gasteiger partial charge in [0.05, 0.1) is 12.2 Å². The van der Waals surface area contributed by atoms with Crippen LogP contribution >= 0.6 is 11.3 Å². The average molecular weight is 350 g/mol. The molecular weight excluding hydrogens is 328 g/mol. The van der Waals surface area contributed by atoms with Crippen LogP contribution in [0.1, 0.15) is 44.9 Å². The highest BCUT2D eigenvalue weighted by Crippen LogP contribution is 2.33. The van der Waals surface area contributed by atoms with E-state index < -0.39 is 0 Å². The molecule has 0 bridgehead atoms. The lowest BCUT2D eigenvalue weighted by Gasteiger charge is -2.34. The molecule has 0 radical (unpaired) electrons. The molecule has 130 valence electrons. The lowest BCUT2D eigenvalue weighted by atomic mass is 9.97. The lowest BCUT2D eigenvalue weighted by molar-refractivity contribution is -0.389. The van der Waals surface area contributed by atoms with Gasteiger partial charge in [-0.1, -0.05) is 30.6 Å². The molecule has 7 nitrogen and oxygen atoms in total. The molecule has 0 amide bonds. The highest BCUT2D eigenvalue weighted by Gasteiger charge is 2.31. The summed E-state index contributed by atoms with van der Waals surface area (Å²) < 4.78 is 7.83. The summed E-state index contributed by atoms with van der Waals surface area (Å²) in [6.07, 6.45) is 10.5. The van der Waals surface area contributed by atoms with E-state index >= 15 is 0 Å². The zero-order valence-corrected chi connectivity index (χ0v) is 14.4. The van der Waals surface area contributed by atoms with Crippen molar-refractivity contribution in [1.82, 2.24) is 9.38 Å². The highest BCUT2D eigenvalue weighted by molar-refractivity contribution is 7.15. The van der Waals surface area contributed by atoms with Crippen LogP contribution in [-0.2, 0) is 4.74 Å². The van der Waals surface area contributed by atoms with Crippen LogP contribution in [0.3, 0.4) is 0 Å². The zero-order valence-electron chi connectivity index (χ0n) is 13.6. The largest absolute Gasteiger partial charge is 0.375 e. The molecule has 2 fully saturated rings. The van der Waals surface area contributed by atoms with Crippen LogP contribution in [0.5, 0.6) is 0 Å². The predicted molar refractivity (Wildman–Crippen MR) is 92.9 cm³/mol. The molecule has 1 aliphatic heterocycles. The fourth-order valence-corrected chi connectivity index (χ4v) is 4.53. The van der Waals surface area contributed by atoms with E-state index in [0.29, 0.717) is 16.9 Å². The smallest absolute Gasteiger partial charge is 0.373 e. The van der Waals surface area contributed by atoms with Crippen molar-refractivity contribution in [3.63, 3.8) is 0 Å². The summed E-state index contributed by atoms with van der Waals surface area (Å²) in [4.78, 5) is 18.3. The van der Waals surface area contributed by atoms with E-state index in [1.807, 2.05) is 10.3 Å². The van der Waals surface area contributed by atoms with Gasteiger partial charge in [-0.3, -0.25) is 0 Å². The van der Waals surface area contributed by atoms with Gasteiger partial charge in [0.15, 0.2) is 0 Å². The second-order valence-corrected chi connectivity index (χ2v) is 7.53. The molecule has 2 aromatic rings. The maximum atomic E-state index is 11.5. The van der Waals surface area contributed by atoms with E-state index in [4.69, 9.17) is 4.74 Å². The summed E-state index contributed by atoms with van der Waals surface area (Å²) in [5, 5.41) is 13.3. The van der Waals surface area contributed by atoms with Crippen molar-refractivity contribution >= 4 is 27.9 Å². The second kappa shape index (κ2) is 6.68. The molecule has 0 aromatic carbocycles. The quantitative estimate of drug-likeness (QED) is 0.622. The molecule has 0 unspecified atom stereocenters. The molecule has 0 atom stereocenters. The molecule has 8 heteroatoms. The van der Waals surface area contributed by atoms with Crippen LogP contribution in [0.2, 0.25) is 0 Å². The van der Waals surface area contributed by atoms with Crippen LogP contribution in [-0.4, -0.2) is 39.6 Å². The van der Waals surface area contributed by atoms with E-state index in [1.165, 1.54) is 43.4 Å². The Balaban J connectivity index is 1.43. The molecule has 2 aliphatic rings. The summed E-state index contributed by atoms with van der Waals surface area (Å²) in [6, 6.07) is 0. The number of nitro groups is 1. The number of piperidine rings is 1. The van der Waals surface area contributed by atoms with Gasteiger partial charge in [-0.15, -0.1) is 0 Å². The minimum Gasteiger partial charge on any atom is -0.375 e. The Labute approximate surface area is 144 Å². The van der Waals surface area contributed by atoms with Gasteiger partial charge in [-0.25, -0.2) is 0 Å². The third kappa shape index (κ3) is 3.00. The molecule has 1 aliphatic carbocycles. The normalized spacial score (nSPS) is 20.8.